The molecule has 29 heavy (non-hydrogen) atoms. The van der Waals surface area contributed by atoms with Crippen LogP contribution in [0.3, 0.4) is 0 Å². The van der Waals surface area contributed by atoms with Crippen molar-refractivity contribution in [3.05, 3.63) is 58.6 Å². The third kappa shape index (κ3) is 4.54. The zero-order valence-electron chi connectivity index (χ0n) is 16.6. The minimum Gasteiger partial charge on any atom is -0.298 e. The maximum absolute atomic E-state index is 13.1. The molecule has 1 saturated heterocycles. The van der Waals surface area contributed by atoms with E-state index in [4.69, 9.17) is 0 Å². The van der Waals surface area contributed by atoms with Gasteiger partial charge in [0, 0.05) is 18.5 Å². The van der Waals surface area contributed by atoms with E-state index in [9.17, 15) is 9.18 Å². The highest BCUT2D eigenvalue weighted by atomic mass is 32.1. The van der Waals surface area contributed by atoms with Crippen molar-refractivity contribution < 1.29 is 9.18 Å². The summed E-state index contributed by atoms with van der Waals surface area (Å²) in [5, 5.41) is 9.74. The van der Waals surface area contributed by atoms with Crippen LogP contribution in [-0.2, 0) is 6.54 Å². The minimum atomic E-state index is -0.310. The Labute approximate surface area is 173 Å². The van der Waals surface area contributed by atoms with Gasteiger partial charge in [-0.15, -0.1) is 11.3 Å². The standard InChI is InChI=1S/C21H24FN5OS/c1-14-4-3-9-26(11-14)12-17-13-29-21(24-17)25-20(28)19-10-23-27(15(19)2)18-7-5-16(22)6-8-18/h5-8,10,13-14H,3-4,9,11-12H2,1-2H3,(H,24,25,28). The van der Waals surface area contributed by atoms with Gasteiger partial charge < -0.3 is 0 Å². The molecule has 0 radical (unpaired) electrons. The van der Waals surface area contributed by atoms with E-state index >= 15 is 0 Å². The van der Waals surface area contributed by atoms with Crippen molar-refractivity contribution in [1.82, 2.24) is 19.7 Å². The van der Waals surface area contributed by atoms with Gasteiger partial charge in [0.2, 0.25) is 0 Å². The second-order valence-electron chi connectivity index (χ2n) is 7.61. The summed E-state index contributed by atoms with van der Waals surface area (Å²) in [6, 6.07) is 6.00. The molecule has 3 heterocycles. The van der Waals surface area contributed by atoms with E-state index in [1.165, 1.54) is 42.5 Å². The largest absolute Gasteiger partial charge is 0.298 e. The number of hydrogen-bond donors (Lipinski definition) is 1. The fourth-order valence-corrected chi connectivity index (χ4v) is 4.43. The summed E-state index contributed by atoms with van der Waals surface area (Å²) in [6.07, 6.45) is 4.05. The molecule has 1 amide bonds. The molecule has 0 saturated carbocycles. The molecule has 0 bridgehead atoms. The molecule has 3 aromatic rings. The lowest BCUT2D eigenvalue weighted by molar-refractivity contribution is 0.102. The van der Waals surface area contributed by atoms with Gasteiger partial charge in [0.25, 0.3) is 5.91 Å². The highest BCUT2D eigenvalue weighted by Gasteiger charge is 2.19. The Morgan fingerprint density at radius 1 is 1.34 bits per heavy atom. The second kappa shape index (κ2) is 8.42. The molecular weight excluding hydrogens is 389 g/mol. The molecule has 0 spiro atoms. The van der Waals surface area contributed by atoms with Gasteiger partial charge in [-0.3, -0.25) is 15.0 Å². The van der Waals surface area contributed by atoms with Gasteiger partial charge in [0.05, 0.1) is 28.8 Å². The Hall–Kier alpha value is -2.58. The van der Waals surface area contributed by atoms with Crippen LogP contribution >= 0.6 is 11.3 Å². The number of nitrogens with one attached hydrogen (secondary N) is 1. The van der Waals surface area contributed by atoms with Gasteiger partial charge in [-0.2, -0.15) is 5.10 Å². The Balaban J connectivity index is 1.42. The molecule has 1 N–H and O–H groups in total. The van der Waals surface area contributed by atoms with Crippen LogP contribution in [0.5, 0.6) is 0 Å². The van der Waals surface area contributed by atoms with Crippen molar-refractivity contribution in [2.45, 2.75) is 33.2 Å². The van der Waals surface area contributed by atoms with E-state index in [2.05, 4.69) is 27.2 Å². The fourth-order valence-electron chi connectivity index (χ4n) is 3.74. The van der Waals surface area contributed by atoms with Crippen LogP contribution in [-0.4, -0.2) is 38.7 Å². The Morgan fingerprint density at radius 2 is 2.14 bits per heavy atom. The Kier molecular flexibility index (Phi) is 5.73. The quantitative estimate of drug-likeness (QED) is 0.679. The van der Waals surface area contributed by atoms with Crippen molar-refractivity contribution in [3.8, 4) is 5.69 Å². The number of benzene rings is 1. The van der Waals surface area contributed by atoms with Crippen LogP contribution in [0.25, 0.3) is 5.69 Å². The first-order valence-electron chi connectivity index (χ1n) is 9.78. The number of piperidine rings is 1. The lowest BCUT2D eigenvalue weighted by Crippen LogP contribution is -2.33. The second-order valence-corrected chi connectivity index (χ2v) is 8.47. The number of rotatable bonds is 5. The van der Waals surface area contributed by atoms with Crippen LogP contribution in [0.15, 0.2) is 35.8 Å². The molecule has 1 aliphatic heterocycles. The van der Waals surface area contributed by atoms with Gasteiger partial charge in [-0.05, 0) is 56.5 Å². The van der Waals surface area contributed by atoms with Crippen molar-refractivity contribution >= 4 is 22.4 Å². The number of anilines is 1. The Morgan fingerprint density at radius 3 is 2.90 bits per heavy atom. The molecular formula is C21H24FN5OS. The normalized spacial score (nSPS) is 17.4. The van der Waals surface area contributed by atoms with Crippen molar-refractivity contribution in [3.63, 3.8) is 0 Å². The van der Waals surface area contributed by atoms with E-state index in [1.54, 1.807) is 16.8 Å². The lowest BCUT2D eigenvalue weighted by atomic mass is 10.0. The number of hydrogen-bond acceptors (Lipinski definition) is 5. The third-order valence-electron chi connectivity index (χ3n) is 5.22. The molecule has 152 valence electrons. The molecule has 1 aliphatic rings. The molecule has 6 nitrogen and oxygen atoms in total. The van der Waals surface area contributed by atoms with Gasteiger partial charge in [-0.25, -0.2) is 14.1 Å². The average Bonchev–Trinajstić information content (AvgIpc) is 3.29. The maximum Gasteiger partial charge on any atom is 0.260 e. The summed E-state index contributed by atoms with van der Waals surface area (Å²) in [5.74, 6) is 0.167. The monoisotopic (exact) mass is 413 g/mol. The van der Waals surface area contributed by atoms with Crippen molar-refractivity contribution in [1.29, 1.82) is 0 Å². The van der Waals surface area contributed by atoms with Crippen molar-refractivity contribution in [2.75, 3.05) is 18.4 Å². The predicted molar refractivity (Wildman–Crippen MR) is 112 cm³/mol. The number of carbonyl (C=O) groups is 1. The van der Waals surface area contributed by atoms with E-state index in [0.29, 0.717) is 22.1 Å². The summed E-state index contributed by atoms with van der Waals surface area (Å²) in [5.41, 5.74) is 2.84. The van der Waals surface area contributed by atoms with Crippen LogP contribution in [0.1, 0.15) is 41.5 Å². The maximum atomic E-state index is 13.1. The molecule has 4 rings (SSSR count). The molecule has 1 atom stereocenters. The van der Waals surface area contributed by atoms with Crippen molar-refractivity contribution in [2.24, 2.45) is 5.92 Å². The first-order valence-corrected chi connectivity index (χ1v) is 10.7. The fraction of sp³-hybridized carbons (Fsp3) is 0.381. The number of halogens is 1. The van der Waals surface area contributed by atoms with Gasteiger partial charge >= 0.3 is 0 Å². The van der Waals surface area contributed by atoms with Gasteiger partial charge in [-0.1, -0.05) is 6.92 Å². The summed E-state index contributed by atoms with van der Waals surface area (Å²) in [7, 11) is 0. The van der Waals surface area contributed by atoms with E-state index in [0.717, 1.165) is 31.2 Å². The molecule has 1 unspecified atom stereocenters. The summed E-state index contributed by atoms with van der Waals surface area (Å²) >= 11 is 1.43. The minimum absolute atomic E-state index is 0.247. The number of thiazole rings is 1. The summed E-state index contributed by atoms with van der Waals surface area (Å²) in [4.78, 5) is 19.7. The van der Waals surface area contributed by atoms with E-state index < -0.39 is 0 Å². The number of carbonyl (C=O) groups excluding carboxylic acids is 1. The molecule has 1 fully saturated rings. The van der Waals surface area contributed by atoms with Gasteiger partial charge in [0.1, 0.15) is 5.82 Å². The lowest BCUT2D eigenvalue weighted by Gasteiger charge is -2.30. The smallest absolute Gasteiger partial charge is 0.260 e. The predicted octanol–water partition coefficient (Wildman–Crippen LogP) is 4.26. The third-order valence-corrected chi connectivity index (χ3v) is 6.03. The molecule has 1 aromatic carbocycles. The number of aromatic nitrogens is 3. The van der Waals surface area contributed by atoms with E-state index in [-0.39, 0.29) is 11.7 Å². The molecule has 2 aromatic heterocycles. The van der Waals surface area contributed by atoms with E-state index in [1.807, 2.05) is 12.3 Å². The number of amides is 1. The average molecular weight is 414 g/mol. The van der Waals surface area contributed by atoms with Crippen LogP contribution in [0.2, 0.25) is 0 Å². The SMILES string of the molecule is Cc1c(C(=O)Nc2nc(CN3CCCC(C)C3)cs2)cnn1-c1ccc(F)cc1. The highest BCUT2D eigenvalue weighted by molar-refractivity contribution is 7.14. The first kappa shape index (κ1) is 19.7. The highest BCUT2D eigenvalue weighted by Crippen LogP contribution is 2.22. The summed E-state index contributed by atoms with van der Waals surface area (Å²) < 4.78 is 14.8. The first-order chi connectivity index (χ1) is 14.0. The molecule has 0 aliphatic carbocycles. The van der Waals surface area contributed by atoms with Crippen LogP contribution in [0, 0.1) is 18.7 Å². The van der Waals surface area contributed by atoms with Gasteiger partial charge in [0.15, 0.2) is 5.13 Å². The molecule has 8 heteroatoms. The number of likely N-dealkylation sites (tertiary alicyclic amines) is 1. The summed E-state index contributed by atoms with van der Waals surface area (Å²) in [6.45, 7) is 7.12. The zero-order chi connectivity index (χ0) is 20.4. The zero-order valence-corrected chi connectivity index (χ0v) is 17.4. The topological polar surface area (TPSA) is 63.1 Å². The number of nitrogens with zero attached hydrogens (tertiary/aromatic N) is 4. The Bertz CT molecular complexity index is 997. The van der Waals surface area contributed by atoms with Crippen LogP contribution in [0.4, 0.5) is 9.52 Å². The van der Waals surface area contributed by atoms with Crippen LogP contribution < -0.4 is 5.32 Å².